The third-order valence-electron chi connectivity index (χ3n) is 4.95. The van der Waals surface area contributed by atoms with Gasteiger partial charge < -0.3 is 19.5 Å². The van der Waals surface area contributed by atoms with Crippen LogP contribution in [0.5, 0.6) is 17.2 Å². The van der Waals surface area contributed by atoms with E-state index < -0.39 is 0 Å². The Bertz CT molecular complexity index is 1290. The highest BCUT2D eigenvalue weighted by molar-refractivity contribution is 7.13. The van der Waals surface area contributed by atoms with Gasteiger partial charge in [-0.2, -0.15) is 0 Å². The zero-order chi connectivity index (χ0) is 23.9. The van der Waals surface area contributed by atoms with Crippen LogP contribution in [0.15, 0.2) is 72.4 Å². The van der Waals surface area contributed by atoms with Crippen LogP contribution in [0, 0.1) is 0 Å². The van der Waals surface area contributed by atoms with Crippen molar-refractivity contribution >= 4 is 29.0 Å². The van der Waals surface area contributed by atoms with Gasteiger partial charge in [-0.05, 0) is 48.0 Å². The lowest BCUT2D eigenvalue weighted by Gasteiger charge is -2.12. The summed E-state index contributed by atoms with van der Waals surface area (Å²) in [6.45, 7) is 0. The van der Waals surface area contributed by atoms with E-state index in [9.17, 15) is 4.79 Å². The number of amides is 1. The summed E-state index contributed by atoms with van der Waals surface area (Å²) in [5.41, 5.74) is 4.14. The smallest absolute Gasteiger partial charge is 0.248 e. The highest BCUT2D eigenvalue weighted by atomic mass is 32.1. The fourth-order valence-corrected chi connectivity index (χ4v) is 4.16. The van der Waals surface area contributed by atoms with Crippen molar-refractivity contribution in [3.63, 3.8) is 0 Å². The number of methoxy groups -OCH3 is 3. The van der Waals surface area contributed by atoms with Gasteiger partial charge in [0.1, 0.15) is 5.01 Å². The van der Waals surface area contributed by atoms with E-state index in [1.165, 1.54) is 6.08 Å². The third-order valence-corrected chi connectivity index (χ3v) is 5.84. The van der Waals surface area contributed by atoms with Crippen molar-refractivity contribution in [3.05, 3.63) is 77.9 Å². The Balaban J connectivity index is 1.48. The molecule has 0 aliphatic carbocycles. The van der Waals surface area contributed by atoms with Crippen molar-refractivity contribution in [2.75, 3.05) is 26.6 Å². The standard InChI is InChI=1S/C26H23N3O4S/c1-31-22-12-17(13-23(32-2)25(22)33-3)9-10-24(30)28-20-8-4-6-18(14-20)21-16-34-26(29-21)19-7-5-11-27-15-19/h4-16H,1-3H3,(H,28,30)/b10-9+. The zero-order valence-corrected chi connectivity index (χ0v) is 19.8. The molecule has 4 rings (SSSR count). The molecule has 0 radical (unpaired) electrons. The van der Waals surface area contributed by atoms with E-state index in [1.54, 1.807) is 63.3 Å². The lowest BCUT2D eigenvalue weighted by atomic mass is 10.1. The number of aromatic nitrogens is 2. The zero-order valence-electron chi connectivity index (χ0n) is 18.9. The monoisotopic (exact) mass is 473 g/mol. The Hall–Kier alpha value is -4.17. The molecule has 2 heterocycles. The summed E-state index contributed by atoms with van der Waals surface area (Å²) in [4.78, 5) is 21.4. The Morgan fingerprint density at radius 2 is 1.74 bits per heavy atom. The number of pyridine rings is 1. The van der Waals surface area contributed by atoms with Crippen LogP contribution in [0.4, 0.5) is 5.69 Å². The number of nitrogens with zero attached hydrogens (tertiary/aromatic N) is 2. The molecule has 2 aromatic carbocycles. The molecule has 0 atom stereocenters. The van der Waals surface area contributed by atoms with E-state index in [0.29, 0.717) is 22.9 Å². The van der Waals surface area contributed by atoms with E-state index in [-0.39, 0.29) is 5.91 Å². The van der Waals surface area contributed by atoms with Gasteiger partial charge in [0.15, 0.2) is 11.5 Å². The maximum Gasteiger partial charge on any atom is 0.248 e. The van der Waals surface area contributed by atoms with Gasteiger partial charge in [-0.15, -0.1) is 11.3 Å². The molecule has 8 heteroatoms. The third kappa shape index (κ3) is 5.24. The van der Waals surface area contributed by atoms with Crippen molar-refractivity contribution in [1.82, 2.24) is 9.97 Å². The number of rotatable bonds is 8. The van der Waals surface area contributed by atoms with Crippen LogP contribution in [0.3, 0.4) is 0 Å². The fourth-order valence-electron chi connectivity index (χ4n) is 3.34. The SMILES string of the molecule is COc1cc(/C=C/C(=O)Nc2cccc(-c3csc(-c4cccnc4)n3)c2)cc(OC)c1OC. The van der Waals surface area contributed by atoms with Crippen molar-refractivity contribution in [2.45, 2.75) is 0 Å². The molecule has 1 N–H and O–H groups in total. The summed E-state index contributed by atoms with van der Waals surface area (Å²) in [6.07, 6.45) is 6.67. The van der Waals surface area contributed by atoms with Gasteiger partial charge in [-0.25, -0.2) is 4.98 Å². The topological polar surface area (TPSA) is 82.6 Å². The van der Waals surface area contributed by atoms with E-state index in [1.807, 2.05) is 41.8 Å². The van der Waals surface area contributed by atoms with Crippen molar-refractivity contribution in [1.29, 1.82) is 0 Å². The molecule has 0 fully saturated rings. The number of carbonyl (C=O) groups is 1. The lowest BCUT2D eigenvalue weighted by Crippen LogP contribution is -2.07. The maximum atomic E-state index is 12.5. The molecule has 0 spiro atoms. The predicted molar refractivity (Wildman–Crippen MR) is 135 cm³/mol. The van der Waals surface area contributed by atoms with Crippen LogP contribution < -0.4 is 19.5 Å². The fraction of sp³-hybridized carbons (Fsp3) is 0.115. The van der Waals surface area contributed by atoms with Crippen LogP contribution in [0.2, 0.25) is 0 Å². The number of nitrogens with one attached hydrogen (secondary N) is 1. The van der Waals surface area contributed by atoms with Crippen LogP contribution in [-0.2, 0) is 4.79 Å². The van der Waals surface area contributed by atoms with Crippen molar-refractivity contribution in [2.24, 2.45) is 0 Å². The van der Waals surface area contributed by atoms with Crippen LogP contribution in [0.1, 0.15) is 5.56 Å². The molecule has 172 valence electrons. The summed E-state index contributed by atoms with van der Waals surface area (Å²) >= 11 is 1.55. The van der Waals surface area contributed by atoms with Gasteiger partial charge in [0.25, 0.3) is 0 Å². The maximum absolute atomic E-state index is 12.5. The van der Waals surface area contributed by atoms with Gasteiger partial charge in [-0.1, -0.05) is 12.1 Å². The first-order chi connectivity index (χ1) is 16.6. The average Bonchev–Trinajstić information content (AvgIpc) is 3.38. The number of hydrogen-bond donors (Lipinski definition) is 1. The van der Waals surface area contributed by atoms with Crippen molar-refractivity contribution in [3.8, 4) is 39.1 Å². The molecule has 0 aliphatic heterocycles. The molecule has 0 unspecified atom stereocenters. The Morgan fingerprint density at radius 1 is 0.971 bits per heavy atom. The van der Waals surface area contributed by atoms with E-state index in [2.05, 4.69) is 10.3 Å². The summed E-state index contributed by atoms with van der Waals surface area (Å²) in [7, 11) is 4.64. The molecule has 7 nitrogen and oxygen atoms in total. The van der Waals surface area contributed by atoms with Gasteiger partial charge in [0, 0.05) is 40.7 Å². The highest BCUT2D eigenvalue weighted by Gasteiger charge is 2.12. The quantitative estimate of drug-likeness (QED) is 0.338. The Morgan fingerprint density at radius 3 is 2.41 bits per heavy atom. The number of carbonyl (C=O) groups excluding carboxylic acids is 1. The van der Waals surface area contributed by atoms with E-state index in [4.69, 9.17) is 19.2 Å². The van der Waals surface area contributed by atoms with Gasteiger partial charge in [-0.3, -0.25) is 9.78 Å². The summed E-state index contributed by atoms with van der Waals surface area (Å²) in [5.74, 6) is 1.27. The predicted octanol–water partition coefficient (Wildman–Crippen LogP) is 5.55. The molecule has 0 saturated heterocycles. The molecule has 2 aromatic heterocycles. The van der Waals surface area contributed by atoms with Crippen LogP contribution in [0.25, 0.3) is 27.9 Å². The number of hydrogen-bond acceptors (Lipinski definition) is 7. The summed E-state index contributed by atoms with van der Waals surface area (Å²) in [6, 6.07) is 15.0. The van der Waals surface area contributed by atoms with Crippen LogP contribution in [-0.4, -0.2) is 37.2 Å². The van der Waals surface area contributed by atoms with E-state index in [0.717, 1.165) is 27.4 Å². The summed E-state index contributed by atoms with van der Waals surface area (Å²) < 4.78 is 16.0. The second-order valence-electron chi connectivity index (χ2n) is 7.14. The Kier molecular flexibility index (Phi) is 7.19. The first-order valence-electron chi connectivity index (χ1n) is 10.4. The molecule has 0 saturated carbocycles. The van der Waals surface area contributed by atoms with Gasteiger partial charge >= 0.3 is 0 Å². The normalized spacial score (nSPS) is 10.8. The van der Waals surface area contributed by atoms with E-state index >= 15 is 0 Å². The molecular weight excluding hydrogens is 450 g/mol. The van der Waals surface area contributed by atoms with Crippen molar-refractivity contribution < 1.29 is 19.0 Å². The highest BCUT2D eigenvalue weighted by Crippen LogP contribution is 2.38. The molecule has 1 amide bonds. The minimum Gasteiger partial charge on any atom is -0.493 e. The average molecular weight is 474 g/mol. The number of benzene rings is 2. The summed E-state index contributed by atoms with van der Waals surface area (Å²) in [5, 5.41) is 5.78. The second kappa shape index (κ2) is 10.6. The number of ether oxygens (including phenoxy) is 3. The minimum atomic E-state index is -0.264. The lowest BCUT2D eigenvalue weighted by molar-refractivity contribution is -0.111. The Labute approximate surface area is 201 Å². The molecule has 0 bridgehead atoms. The van der Waals surface area contributed by atoms with Gasteiger partial charge in [0.2, 0.25) is 11.7 Å². The molecular formula is C26H23N3O4S. The first kappa shape index (κ1) is 23.0. The molecule has 4 aromatic rings. The minimum absolute atomic E-state index is 0.264. The molecule has 34 heavy (non-hydrogen) atoms. The second-order valence-corrected chi connectivity index (χ2v) is 8.00. The number of thiazole rings is 1. The van der Waals surface area contributed by atoms with Gasteiger partial charge in [0.05, 0.1) is 27.0 Å². The first-order valence-corrected chi connectivity index (χ1v) is 11.2. The number of anilines is 1. The largest absolute Gasteiger partial charge is 0.493 e. The molecule has 0 aliphatic rings. The van der Waals surface area contributed by atoms with Crippen LogP contribution >= 0.6 is 11.3 Å².